The molecule has 4 atom stereocenters. The van der Waals surface area contributed by atoms with Gasteiger partial charge in [-0.3, -0.25) is 9.69 Å². The fourth-order valence-corrected chi connectivity index (χ4v) is 6.40. The molecule has 0 radical (unpaired) electrons. The highest BCUT2D eigenvalue weighted by molar-refractivity contribution is 6.31. The van der Waals surface area contributed by atoms with Crippen LogP contribution in [0.15, 0.2) is 18.2 Å². The molecule has 4 aliphatic rings. The second kappa shape index (κ2) is 7.62. The second-order valence-electron chi connectivity index (χ2n) is 9.98. The molecule has 8 nitrogen and oxygen atoms in total. The number of fused-ring (bicyclic) bond motifs is 4. The first-order chi connectivity index (χ1) is 16.6. The van der Waals surface area contributed by atoms with E-state index in [1.54, 1.807) is 16.5 Å². The summed E-state index contributed by atoms with van der Waals surface area (Å²) in [6, 6.07) is 4.28. The van der Waals surface area contributed by atoms with Gasteiger partial charge in [0, 0.05) is 18.7 Å². The number of likely N-dealkylation sites (N-methyl/N-ethyl adjacent to an activating group) is 1. The molecule has 3 aromatic rings. The Hall–Kier alpha value is -2.75. The third-order valence-electron chi connectivity index (χ3n) is 8.04. The molecular weight excluding hydrogens is 473 g/mol. The second-order valence-corrected chi connectivity index (χ2v) is 10.4. The molecule has 1 aliphatic carbocycles. The lowest BCUT2D eigenvalue weighted by atomic mass is 9.84. The molecule has 4 unspecified atom stereocenters. The van der Waals surface area contributed by atoms with Crippen LogP contribution < -0.4 is 4.74 Å². The summed E-state index contributed by atoms with van der Waals surface area (Å²) in [4.78, 5) is 22.2. The predicted octanol–water partition coefficient (Wildman–Crippen LogP) is 3.53. The maximum absolute atomic E-state index is 14.3. The Labute approximate surface area is 207 Å². The first-order valence-electron chi connectivity index (χ1n) is 11.7. The number of hydrogen-bond donors (Lipinski definition) is 0. The van der Waals surface area contributed by atoms with Crippen LogP contribution in [-0.4, -0.2) is 68.3 Å². The maximum atomic E-state index is 14.3. The molecule has 10 heteroatoms. The average molecular weight is 500 g/mol. The summed E-state index contributed by atoms with van der Waals surface area (Å²) >= 11 is 6.35. The zero-order valence-electron chi connectivity index (χ0n) is 20.3. The van der Waals surface area contributed by atoms with Crippen LogP contribution in [0.5, 0.6) is 5.75 Å². The zero-order chi connectivity index (χ0) is 24.8. The van der Waals surface area contributed by atoms with Gasteiger partial charge in [-0.25, -0.2) is 13.9 Å². The molecule has 0 spiro atoms. The van der Waals surface area contributed by atoms with Crippen LogP contribution >= 0.6 is 11.6 Å². The van der Waals surface area contributed by atoms with Crippen LogP contribution in [0.3, 0.4) is 0 Å². The number of benzene rings is 1. The van der Waals surface area contributed by atoms with Crippen molar-refractivity contribution in [3.05, 3.63) is 57.2 Å². The van der Waals surface area contributed by atoms with Gasteiger partial charge in [-0.15, -0.1) is 0 Å². The molecular formula is C25H27ClFN5O3. The summed E-state index contributed by atoms with van der Waals surface area (Å²) in [5, 5.41) is 5.24. The van der Waals surface area contributed by atoms with E-state index < -0.39 is 11.4 Å². The minimum Gasteiger partial charge on any atom is -0.483 e. The van der Waals surface area contributed by atoms with Crippen molar-refractivity contribution in [2.24, 2.45) is 0 Å². The Morgan fingerprint density at radius 1 is 1.29 bits per heavy atom. The predicted molar refractivity (Wildman–Crippen MR) is 127 cm³/mol. The number of amides is 1. The smallest absolute Gasteiger partial charge is 0.258 e. The highest BCUT2D eigenvalue weighted by atomic mass is 35.5. The summed E-state index contributed by atoms with van der Waals surface area (Å²) < 4.78 is 28.1. The van der Waals surface area contributed by atoms with Gasteiger partial charge in [-0.2, -0.15) is 5.10 Å². The summed E-state index contributed by atoms with van der Waals surface area (Å²) in [6.07, 6.45) is 0.879. The lowest BCUT2D eigenvalue weighted by Gasteiger charge is -2.54. The minimum absolute atomic E-state index is 0.0395. The van der Waals surface area contributed by atoms with E-state index in [0.717, 1.165) is 29.1 Å². The van der Waals surface area contributed by atoms with Gasteiger partial charge in [-0.05, 0) is 46.4 Å². The van der Waals surface area contributed by atoms with Gasteiger partial charge in [0.25, 0.3) is 5.91 Å². The van der Waals surface area contributed by atoms with E-state index in [1.165, 1.54) is 18.2 Å². The molecule has 35 heavy (non-hydrogen) atoms. The molecule has 1 amide bonds. The summed E-state index contributed by atoms with van der Waals surface area (Å²) in [5.41, 5.74) is 3.71. The maximum Gasteiger partial charge on any atom is 0.258 e. The van der Waals surface area contributed by atoms with Gasteiger partial charge in [0.15, 0.2) is 5.65 Å². The highest BCUT2D eigenvalue weighted by Crippen LogP contribution is 2.51. The van der Waals surface area contributed by atoms with Crippen molar-refractivity contribution in [1.82, 2.24) is 24.4 Å². The van der Waals surface area contributed by atoms with Gasteiger partial charge in [0.05, 0.1) is 58.9 Å². The molecule has 0 N–H and O–H groups in total. The minimum atomic E-state index is -0.563. The normalized spacial score (nSPS) is 27.4. The first-order valence-corrected chi connectivity index (χ1v) is 12.1. The quantitative estimate of drug-likeness (QED) is 0.547. The number of nitrogens with zero attached hydrogens (tertiary/aromatic N) is 5. The number of rotatable bonds is 4. The van der Waals surface area contributed by atoms with Gasteiger partial charge < -0.3 is 14.4 Å². The summed E-state index contributed by atoms with van der Waals surface area (Å²) in [7, 11) is 3.74. The summed E-state index contributed by atoms with van der Waals surface area (Å²) in [6.45, 7) is 6.47. The number of halogens is 2. The van der Waals surface area contributed by atoms with Crippen molar-refractivity contribution in [1.29, 1.82) is 0 Å². The third-order valence-corrected chi connectivity index (χ3v) is 8.58. The van der Waals surface area contributed by atoms with Gasteiger partial charge >= 0.3 is 0 Å². The number of methoxy groups -OCH3 is 1. The van der Waals surface area contributed by atoms with Crippen molar-refractivity contribution in [2.75, 3.05) is 14.2 Å². The van der Waals surface area contributed by atoms with E-state index in [2.05, 4.69) is 15.0 Å². The van der Waals surface area contributed by atoms with Gasteiger partial charge in [-0.1, -0.05) is 11.6 Å². The Morgan fingerprint density at radius 2 is 2.06 bits per heavy atom. The van der Waals surface area contributed by atoms with E-state index in [-0.39, 0.29) is 29.8 Å². The van der Waals surface area contributed by atoms with E-state index in [9.17, 15) is 9.18 Å². The molecule has 2 aromatic heterocycles. The van der Waals surface area contributed by atoms with E-state index >= 15 is 0 Å². The SMILES string of the molecule is COC1CC2N(C)C1C2(C)Oc1cc(F)ccc1C(=O)N1Cc2nn3c(C)c(Cl)c(C)nc3c2C1. The topological polar surface area (TPSA) is 72.2 Å². The van der Waals surface area contributed by atoms with Crippen LogP contribution in [0.2, 0.25) is 5.02 Å². The van der Waals surface area contributed by atoms with Crippen molar-refractivity contribution < 1.29 is 18.7 Å². The van der Waals surface area contributed by atoms with Crippen LogP contribution in [0.25, 0.3) is 5.65 Å². The molecule has 5 heterocycles. The Bertz CT molecular complexity index is 1390. The zero-order valence-corrected chi connectivity index (χ0v) is 21.1. The number of aromatic nitrogens is 3. The molecule has 1 saturated carbocycles. The van der Waals surface area contributed by atoms with Crippen LogP contribution in [0.1, 0.15) is 46.3 Å². The first kappa shape index (κ1) is 22.7. The molecule has 3 fully saturated rings. The van der Waals surface area contributed by atoms with Crippen molar-refractivity contribution >= 4 is 23.2 Å². The van der Waals surface area contributed by atoms with Crippen LogP contribution in [0.4, 0.5) is 4.39 Å². The monoisotopic (exact) mass is 499 g/mol. The number of carbonyl (C=O) groups excluding carboxylic acids is 1. The molecule has 1 aromatic carbocycles. The molecule has 2 bridgehead atoms. The van der Waals surface area contributed by atoms with Gasteiger partial charge in [0.2, 0.25) is 0 Å². The molecule has 3 aliphatic heterocycles. The van der Waals surface area contributed by atoms with Crippen LogP contribution in [0, 0.1) is 19.7 Å². The number of aryl methyl sites for hydroxylation is 2. The number of carbonyl (C=O) groups is 1. The lowest BCUT2D eigenvalue weighted by molar-refractivity contribution is -0.138. The summed E-state index contributed by atoms with van der Waals surface area (Å²) in [5.74, 6) is -0.420. The molecule has 184 valence electrons. The lowest BCUT2D eigenvalue weighted by Crippen LogP contribution is -2.72. The highest BCUT2D eigenvalue weighted by Gasteiger charge is 2.68. The Kier molecular flexibility index (Phi) is 4.94. The number of hydrogen-bond acceptors (Lipinski definition) is 6. The van der Waals surface area contributed by atoms with Crippen molar-refractivity contribution in [3.8, 4) is 5.75 Å². The average Bonchev–Trinajstić information content (AvgIpc) is 3.55. The molecule has 2 saturated heterocycles. The fourth-order valence-electron chi connectivity index (χ4n) is 6.27. The Morgan fingerprint density at radius 3 is 2.77 bits per heavy atom. The number of ether oxygens (including phenoxy) is 2. The van der Waals surface area contributed by atoms with E-state index in [0.29, 0.717) is 29.3 Å². The third kappa shape index (κ3) is 3.07. The van der Waals surface area contributed by atoms with Crippen molar-refractivity contribution in [2.45, 2.75) is 64.1 Å². The molecule has 7 rings (SSSR count). The van der Waals surface area contributed by atoms with E-state index in [4.69, 9.17) is 21.1 Å². The van der Waals surface area contributed by atoms with E-state index in [1.807, 2.05) is 27.8 Å². The largest absolute Gasteiger partial charge is 0.483 e. The van der Waals surface area contributed by atoms with Crippen LogP contribution in [-0.2, 0) is 17.8 Å². The van der Waals surface area contributed by atoms with Crippen molar-refractivity contribution in [3.63, 3.8) is 0 Å². The Balaban J connectivity index is 1.30. The van der Waals surface area contributed by atoms with Gasteiger partial charge in [0.1, 0.15) is 17.2 Å². The fraction of sp³-hybridized carbons (Fsp3) is 0.480. The standard InChI is InChI=1S/C25H27ClFN5O3/c1-12-21(26)13(2)32-23(28-12)16-10-31(11-17(16)29-32)24(33)15-7-6-14(27)8-18(15)35-25(3)20-9-19(34-5)22(25)30(20)4/h6-8,19-20,22H,9-11H2,1-5H3.